The highest BCUT2D eigenvalue weighted by Crippen LogP contribution is 2.26. The maximum Gasteiger partial charge on any atom is 0.180 e. The lowest BCUT2D eigenvalue weighted by Crippen LogP contribution is -2.14. The minimum atomic E-state index is -0.641. The summed E-state index contributed by atoms with van der Waals surface area (Å²) in [6.07, 6.45) is 0.645. The number of carbonyl (C=O) groups is 2. The number of aromatic nitrogens is 2. The van der Waals surface area contributed by atoms with Crippen LogP contribution in [0.4, 0.5) is 4.39 Å². The molecule has 0 saturated carbocycles. The van der Waals surface area contributed by atoms with Crippen LogP contribution < -0.4 is 0 Å². The van der Waals surface area contributed by atoms with Gasteiger partial charge in [0.2, 0.25) is 0 Å². The van der Waals surface area contributed by atoms with Crippen molar-refractivity contribution in [1.82, 2.24) is 9.78 Å². The fourth-order valence-corrected chi connectivity index (χ4v) is 2.54. The highest BCUT2D eigenvalue weighted by Gasteiger charge is 2.27. The first-order valence-electron chi connectivity index (χ1n) is 7.38. The van der Waals surface area contributed by atoms with E-state index in [1.165, 1.54) is 23.7 Å². The summed E-state index contributed by atoms with van der Waals surface area (Å²) in [5.74, 6) is -1.38. The molecule has 1 aromatic carbocycles. The molecule has 0 N–H and O–H groups in total. The van der Waals surface area contributed by atoms with E-state index in [1.807, 2.05) is 6.92 Å². The Balaban J connectivity index is 2.71. The van der Waals surface area contributed by atoms with E-state index in [0.29, 0.717) is 12.1 Å². The molecule has 0 aliphatic heterocycles. The smallest absolute Gasteiger partial charge is 0.180 e. The Morgan fingerprint density at radius 3 is 2.61 bits per heavy atom. The molecule has 1 unspecified atom stereocenters. The fraction of sp³-hybridized carbons (Fsp3) is 0.353. The maximum absolute atomic E-state index is 14.3. The van der Waals surface area contributed by atoms with Gasteiger partial charge in [-0.25, -0.2) is 9.07 Å². The van der Waals surface area contributed by atoms with Crippen molar-refractivity contribution in [3.63, 3.8) is 0 Å². The summed E-state index contributed by atoms with van der Waals surface area (Å²) in [6, 6.07) is 4.52. The third kappa shape index (κ3) is 3.06. The fourth-order valence-electron chi connectivity index (χ4n) is 2.37. The predicted octanol–water partition coefficient (Wildman–Crippen LogP) is 4.40. The van der Waals surface area contributed by atoms with Gasteiger partial charge in [-0.1, -0.05) is 31.5 Å². The van der Waals surface area contributed by atoms with Crippen LogP contribution in [0.25, 0.3) is 5.69 Å². The van der Waals surface area contributed by atoms with Crippen molar-refractivity contribution in [2.75, 3.05) is 0 Å². The number of hydrogen-bond donors (Lipinski definition) is 0. The highest BCUT2D eigenvalue weighted by atomic mass is 35.5. The molecular formula is C17H18ClFN2O2. The van der Waals surface area contributed by atoms with Crippen LogP contribution in [0.15, 0.2) is 18.2 Å². The molecule has 0 aliphatic rings. The first kappa shape index (κ1) is 17.3. The van der Waals surface area contributed by atoms with E-state index in [0.717, 1.165) is 0 Å². The van der Waals surface area contributed by atoms with E-state index in [2.05, 4.69) is 5.10 Å². The third-order valence-corrected chi connectivity index (χ3v) is 4.21. The van der Waals surface area contributed by atoms with Crippen LogP contribution in [-0.4, -0.2) is 21.3 Å². The molecule has 122 valence electrons. The first-order valence-corrected chi connectivity index (χ1v) is 7.76. The SMILES string of the molecule is CCC(C)C(=O)c1c(C(C)=O)nn(-c2cccc(Cl)c2F)c1C. The summed E-state index contributed by atoms with van der Waals surface area (Å²) < 4.78 is 15.5. The van der Waals surface area contributed by atoms with Crippen LogP contribution in [0.2, 0.25) is 5.02 Å². The van der Waals surface area contributed by atoms with Gasteiger partial charge in [-0.3, -0.25) is 9.59 Å². The van der Waals surface area contributed by atoms with Gasteiger partial charge in [-0.15, -0.1) is 0 Å². The molecule has 4 nitrogen and oxygen atoms in total. The largest absolute Gasteiger partial charge is 0.294 e. The molecule has 0 radical (unpaired) electrons. The summed E-state index contributed by atoms with van der Waals surface area (Å²) in [5, 5.41) is 4.12. The molecule has 1 atom stereocenters. The number of Topliss-reactive ketones (excluding diaryl/α,β-unsaturated/α-hetero) is 2. The molecule has 0 amide bonds. The molecule has 0 saturated heterocycles. The molecule has 0 bridgehead atoms. The van der Waals surface area contributed by atoms with Crippen molar-refractivity contribution < 1.29 is 14.0 Å². The average Bonchev–Trinajstić information content (AvgIpc) is 2.86. The van der Waals surface area contributed by atoms with Crippen LogP contribution >= 0.6 is 11.6 Å². The van der Waals surface area contributed by atoms with Crippen molar-refractivity contribution in [2.45, 2.75) is 34.1 Å². The lowest BCUT2D eigenvalue weighted by Gasteiger charge is -2.09. The van der Waals surface area contributed by atoms with Crippen molar-refractivity contribution >= 4 is 23.2 Å². The van der Waals surface area contributed by atoms with E-state index < -0.39 is 5.82 Å². The Kier molecular flexibility index (Phi) is 5.00. The van der Waals surface area contributed by atoms with Gasteiger partial charge >= 0.3 is 0 Å². The molecule has 23 heavy (non-hydrogen) atoms. The second-order valence-electron chi connectivity index (χ2n) is 5.52. The second-order valence-corrected chi connectivity index (χ2v) is 5.93. The summed E-state index contributed by atoms with van der Waals surface area (Å²) in [7, 11) is 0. The Labute approximate surface area is 139 Å². The van der Waals surface area contributed by atoms with Gasteiger partial charge in [-0.2, -0.15) is 5.10 Å². The zero-order valence-electron chi connectivity index (χ0n) is 13.5. The first-order chi connectivity index (χ1) is 10.8. The van der Waals surface area contributed by atoms with Gasteiger partial charge < -0.3 is 0 Å². The minimum absolute atomic E-state index is 0.0448. The Hall–Kier alpha value is -2.01. The summed E-state index contributed by atoms with van der Waals surface area (Å²) in [6.45, 7) is 6.68. The molecule has 2 aromatic rings. The number of halogens is 2. The average molecular weight is 337 g/mol. The number of ketones is 2. The zero-order valence-corrected chi connectivity index (χ0v) is 14.2. The Morgan fingerprint density at radius 1 is 1.39 bits per heavy atom. The van der Waals surface area contributed by atoms with Gasteiger partial charge in [0, 0.05) is 12.8 Å². The lowest BCUT2D eigenvalue weighted by molar-refractivity contribution is 0.0915. The van der Waals surface area contributed by atoms with Gasteiger partial charge in [0.25, 0.3) is 0 Å². The topological polar surface area (TPSA) is 52.0 Å². The van der Waals surface area contributed by atoms with Crippen LogP contribution in [0.1, 0.15) is 53.7 Å². The normalized spacial score (nSPS) is 12.3. The van der Waals surface area contributed by atoms with Gasteiger partial charge in [0.15, 0.2) is 17.4 Å². The van der Waals surface area contributed by atoms with E-state index in [9.17, 15) is 14.0 Å². The molecule has 1 aromatic heterocycles. The van der Waals surface area contributed by atoms with Crippen molar-refractivity contribution in [3.05, 3.63) is 46.0 Å². The number of carbonyl (C=O) groups excluding carboxylic acids is 2. The second kappa shape index (κ2) is 6.62. The van der Waals surface area contributed by atoms with Crippen LogP contribution in [0, 0.1) is 18.7 Å². The van der Waals surface area contributed by atoms with Crippen LogP contribution in [-0.2, 0) is 0 Å². The predicted molar refractivity (Wildman–Crippen MR) is 87.1 cm³/mol. The third-order valence-electron chi connectivity index (χ3n) is 3.92. The van der Waals surface area contributed by atoms with E-state index in [1.54, 1.807) is 19.9 Å². The lowest BCUT2D eigenvalue weighted by atomic mass is 9.94. The van der Waals surface area contributed by atoms with Crippen molar-refractivity contribution in [3.8, 4) is 5.69 Å². The Morgan fingerprint density at radius 2 is 2.04 bits per heavy atom. The molecule has 0 spiro atoms. The molecule has 6 heteroatoms. The Bertz CT molecular complexity index is 783. The summed E-state index contributed by atoms with van der Waals surface area (Å²) >= 11 is 5.81. The molecule has 2 rings (SSSR count). The van der Waals surface area contributed by atoms with E-state index >= 15 is 0 Å². The van der Waals surface area contributed by atoms with Gasteiger partial charge in [-0.05, 0) is 25.5 Å². The van der Waals surface area contributed by atoms with Gasteiger partial charge in [0.05, 0.1) is 16.3 Å². The summed E-state index contributed by atoms with van der Waals surface area (Å²) in [5.41, 5.74) is 0.862. The monoisotopic (exact) mass is 336 g/mol. The van der Waals surface area contributed by atoms with Crippen LogP contribution in [0.5, 0.6) is 0 Å². The molecule has 1 heterocycles. The minimum Gasteiger partial charge on any atom is -0.294 e. The highest BCUT2D eigenvalue weighted by molar-refractivity contribution is 6.30. The van der Waals surface area contributed by atoms with Crippen molar-refractivity contribution in [2.24, 2.45) is 5.92 Å². The number of rotatable bonds is 5. The standard InChI is InChI=1S/C17H18ClFN2O2/c1-5-9(2)17(23)14-10(3)21(20-16(14)11(4)22)13-8-6-7-12(18)15(13)19/h6-9H,5H2,1-4H3. The van der Waals surface area contributed by atoms with Crippen LogP contribution in [0.3, 0.4) is 0 Å². The van der Waals surface area contributed by atoms with E-state index in [-0.39, 0.29) is 39.5 Å². The number of benzene rings is 1. The molecular weight excluding hydrogens is 319 g/mol. The van der Waals surface area contributed by atoms with Gasteiger partial charge in [0.1, 0.15) is 11.4 Å². The summed E-state index contributed by atoms with van der Waals surface area (Å²) in [4.78, 5) is 24.5. The van der Waals surface area contributed by atoms with Crippen molar-refractivity contribution in [1.29, 1.82) is 0 Å². The maximum atomic E-state index is 14.3. The number of hydrogen-bond acceptors (Lipinski definition) is 3. The molecule has 0 aliphatic carbocycles. The quantitative estimate of drug-likeness (QED) is 0.760. The molecule has 0 fully saturated rings. The number of nitrogens with zero attached hydrogens (tertiary/aromatic N) is 2. The van der Waals surface area contributed by atoms with E-state index in [4.69, 9.17) is 11.6 Å². The zero-order chi connectivity index (χ0) is 17.3.